The molecular formula is C12H11ClNO. The summed E-state index contributed by atoms with van der Waals surface area (Å²) in [5.74, 6) is 0.811. The molecule has 2 aromatic rings. The Hall–Kier alpha value is -1.28. The molecule has 2 nitrogen and oxygen atoms in total. The van der Waals surface area contributed by atoms with Gasteiger partial charge in [0.1, 0.15) is 5.75 Å². The van der Waals surface area contributed by atoms with E-state index in [1.807, 2.05) is 24.3 Å². The van der Waals surface area contributed by atoms with Crippen LogP contribution in [0.2, 0.25) is 5.02 Å². The summed E-state index contributed by atoms with van der Waals surface area (Å²) >= 11 is 5.93. The first-order chi connectivity index (χ1) is 7.31. The number of ether oxygens (including phenoxy) is 1. The molecule has 0 amide bonds. The molecule has 0 N–H and O–H groups in total. The van der Waals surface area contributed by atoms with Crippen LogP contribution in [0.1, 0.15) is 6.42 Å². The molecule has 0 aliphatic heterocycles. The van der Waals surface area contributed by atoms with Gasteiger partial charge in [0.2, 0.25) is 0 Å². The Bertz CT molecular complexity index is 470. The summed E-state index contributed by atoms with van der Waals surface area (Å²) in [6.07, 6.45) is 2.47. The van der Waals surface area contributed by atoms with Crippen molar-refractivity contribution < 1.29 is 4.74 Å². The molecule has 0 spiro atoms. The van der Waals surface area contributed by atoms with Crippen molar-refractivity contribution in [1.82, 2.24) is 4.98 Å². The molecule has 0 aliphatic carbocycles. The molecular weight excluding hydrogens is 210 g/mol. The molecule has 0 fully saturated rings. The fourth-order valence-corrected chi connectivity index (χ4v) is 1.57. The smallest absolute Gasteiger partial charge is 0.130 e. The lowest BCUT2D eigenvalue weighted by molar-refractivity contribution is 0.328. The van der Waals surface area contributed by atoms with E-state index in [0.29, 0.717) is 11.6 Å². The minimum Gasteiger partial charge on any atom is -0.493 e. The maximum Gasteiger partial charge on any atom is 0.130 e. The highest BCUT2D eigenvalue weighted by molar-refractivity contribution is 6.31. The highest BCUT2D eigenvalue weighted by Gasteiger charge is 2.02. The highest BCUT2D eigenvalue weighted by atomic mass is 35.5. The maximum atomic E-state index is 5.93. The zero-order valence-electron chi connectivity index (χ0n) is 8.24. The predicted molar refractivity (Wildman–Crippen MR) is 62.2 cm³/mol. The lowest BCUT2D eigenvalue weighted by Crippen LogP contribution is -1.96. The normalized spacial score (nSPS) is 10.5. The van der Waals surface area contributed by atoms with Gasteiger partial charge in [0, 0.05) is 16.6 Å². The average Bonchev–Trinajstić information content (AvgIpc) is 2.26. The number of rotatable bonds is 3. The van der Waals surface area contributed by atoms with Gasteiger partial charge in [-0.2, -0.15) is 0 Å². The fourth-order valence-electron chi connectivity index (χ4n) is 1.40. The molecule has 0 aliphatic rings. The molecule has 0 saturated carbocycles. The Morgan fingerprint density at radius 1 is 1.33 bits per heavy atom. The Labute approximate surface area is 93.8 Å². The van der Waals surface area contributed by atoms with E-state index in [-0.39, 0.29) is 0 Å². The van der Waals surface area contributed by atoms with Gasteiger partial charge in [-0.1, -0.05) is 11.6 Å². The number of aromatic nitrogens is 1. The number of halogens is 1. The lowest BCUT2D eigenvalue weighted by Gasteiger charge is -2.07. The number of fused-ring (bicyclic) bond motifs is 1. The van der Waals surface area contributed by atoms with E-state index >= 15 is 0 Å². The van der Waals surface area contributed by atoms with Crippen molar-refractivity contribution in [3.63, 3.8) is 0 Å². The van der Waals surface area contributed by atoms with Crippen molar-refractivity contribution in [3.8, 4) is 5.75 Å². The van der Waals surface area contributed by atoms with Crippen LogP contribution in [0.5, 0.6) is 5.75 Å². The number of pyridine rings is 1. The first-order valence-electron chi connectivity index (χ1n) is 4.77. The molecule has 0 unspecified atom stereocenters. The van der Waals surface area contributed by atoms with E-state index in [4.69, 9.17) is 16.3 Å². The molecule has 2 rings (SSSR count). The Morgan fingerprint density at radius 2 is 2.20 bits per heavy atom. The number of hydrogen-bond donors (Lipinski definition) is 0. The quantitative estimate of drug-likeness (QED) is 0.790. The summed E-state index contributed by atoms with van der Waals surface area (Å²) in [5.41, 5.74) is 0.890. The van der Waals surface area contributed by atoms with Crippen LogP contribution < -0.4 is 4.74 Å². The third-order valence-corrected chi connectivity index (χ3v) is 2.30. The van der Waals surface area contributed by atoms with Gasteiger partial charge in [0.05, 0.1) is 12.1 Å². The summed E-state index contributed by atoms with van der Waals surface area (Å²) in [5, 5.41) is 1.63. The molecule has 15 heavy (non-hydrogen) atoms. The highest BCUT2D eigenvalue weighted by Crippen LogP contribution is 2.26. The van der Waals surface area contributed by atoms with Crippen LogP contribution in [0, 0.1) is 6.92 Å². The van der Waals surface area contributed by atoms with Crippen molar-refractivity contribution in [2.24, 2.45) is 0 Å². The van der Waals surface area contributed by atoms with E-state index in [9.17, 15) is 0 Å². The molecule has 1 aromatic heterocycles. The van der Waals surface area contributed by atoms with Crippen LogP contribution >= 0.6 is 11.6 Å². The Morgan fingerprint density at radius 3 is 3.00 bits per heavy atom. The SMILES string of the molecule is [CH2]CCOc1ccnc2ccc(Cl)cc12. The second-order valence-corrected chi connectivity index (χ2v) is 3.61. The summed E-state index contributed by atoms with van der Waals surface area (Å²) in [4.78, 5) is 4.24. The number of nitrogens with zero attached hydrogens (tertiary/aromatic N) is 1. The zero-order chi connectivity index (χ0) is 10.7. The predicted octanol–water partition coefficient (Wildman–Crippen LogP) is 3.49. The zero-order valence-corrected chi connectivity index (χ0v) is 9.00. The first-order valence-corrected chi connectivity index (χ1v) is 5.15. The molecule has 77 valence electrons. The molecule has 1 aromatic carbocycles. The fraction of sp³-hybridized carbons (Fsp3) is 0.167. The van der Waals surface area contributed by atoms with Crippen molar-refractivity contribution in [2.75, 3.05) is 6.61 Å². The Balaban J connectivity index is 2.48. The van der Waals surface area contributed by atoms with Crippen molar-refractivity contribution >= 4 is 22.5 Å². The van der Waals surface area contributed by atoms with Gasteiger partial charge in [-0.3, -0.25) is 4.98 Å². The van der Waals surface area contributed by atoms with Crippen LogP contribution in [0.3, 0.4) is 0 Å². The topological polar surface area (TPSA) is 22.1 Å². The van der Waals surface area contributed by atoms with Gasteiger partial charge in [-0.15, -0.1) is 0 Å². The molecule has 0 saturated heterocycles. The first kappa shape index (κ1) is 10.2. The molecule has 3 heteroatoms. The summed E-state index contributed by atoms with van der Waals surface area (Å²) < 4.78 is 5.56. The summed E-state index contributed by atoms with van der Waals surface area (Å²) in [6.45, 7) is 4.33. The molecule has 1 radical (unpaired) electrons. The summed E-state index contributed by atoms with van der Waals surface area (Å²) in [6, 6.07) is 7.41. The van der Waals surface area contributed by atoms with Gasteiger partial charge >= 0.3 is 0 Å². The van der Waals surface area contributed by atoms with E-state index in [1.54, 1.807) is 6.20 Å². The van der Waals surface area contributed by atoms with Crippen LogP contribution in [-0.4, -0.2) is 11.6 Å². The standard InChI is InChI=1S/C12H11ClNO/c1-2-7-15-12-5-6-14-11-4-3-9(13)8-10(11)12/h3-6,8H,1-2,7H2. The minimum atomic E-state index is 0.603. The van der Waals surface area contributed by atoms with Crippen molar-refractivity contribution in [3.05, 3.63) is 42.4 Å². The van der Waals surface area contributed by atoms with Gasteiger partial charge in [0.25, 0.3) is 0 Å². The van der Waals surface area contributed by atoms with Crippen molar-refractivity contribution in [1.29, 1.82) is 0 Å². The van der Waals surface area contributed by atoms with E-state index in [0.717, 1.165) is 23.1 Å². The van der Waals surface area contributed by atoms with E-state index in [1.165, 1.54) is 0 Å². The van der Waals surface area contributed by atoms with Gasteiger partial charge in [0.15, 0.2) is 0 Å². The molecule has 0 bridgehead atoms. The third-order valence-electron chi connectivity index (χ3n) is 2.07. The van der Waals surface area contributed by atoms with Gasteiger partial charge < -0.3 is 4.74 Å². The average molecular weight is 221 g/mol. The monoisotopic (exact) mass is 220 g/mol. The minimum absolute atomic E-state index is 0.603. The van der Waals surface area contributed by atoms with Crippen LogP contribution in [0.25, 0.3) is 10.9 Å². The number of hydrogen-bond acceptors (Lipinski definition) is 2. The Kier molecular flexibility index (Phi) is 3.07. The van der Waals surface area contributed by atoms with Gasteiger partial charge in [-0.05, 0) is 37.6 Å². The molecule has 1 heterocycles. The third kappa shape index (κ3) is 2.21. The van der Waals surface area contributed by atoms with Crippen LogP contribution in [-0.2, 0) is 0 Å². The van der Waals surface area contributed by atoms with Crippen molar-refractivity contribution in [2.45, 2.75) is 6.42 Å². The molecule has 0 atom stereocenters. The second-order valence-electron chi connectivity index (χ2n) is 3.17. The van der Waals surface area contributed by atoms with Crippen LogP contribution in [0.4, 0.5) is 0 Å². The number of benzene rings is 1. The summed E-state index contributed by atoms with van der Waals surface area (Å²) in [7, 11) is 0. The maximum absolute atomic E-state index is 5.93. The van der Waals surface area contributed by atoms with E-state index < -0.39 is 0 Å². The lowest BCUT2D eigenvalue weighted by atomic mass is 10.2. The second kappa shape index (κ2) is 4.49. The van der Waals surface area contributed by atoms with Crippen LogP contribution in [0.15, 0.2) is 30.5 Å². The van der Waals surface area contributed by atoms with E-state index in [2.05, 4.69) is 11.9 Å². The van der Waals surface area contributed by atoms with Gasteiger partial charge in [-0.25, -0.2) is 0 Å². The largest absolute Gasteiger partial charge is 0.493 e.